The molecule has 0 aliphatic heterocycles. The van der Waals surface area contributed by atoms with Gasteiger partial charge in [-0.2, -0.15) is 0 Å². The van der Waals surface area contributed by atoms with Crippen molar-refractivity contribution < 1.29 is 9.59 Å². The quantitative estimate of drug-likeness (QED) is 0.447. The summed E-state index contributed by atoms with van der Waals surface area (Å²) in [4.78, 5) is 21.2. The van der Waals surface area contributed by atoms with E-state index in [1.54, 1.807) is 0 Å². The molecule has 0 unspecified atom stereocenters. The lowest BCUT2D eigenvalue weighted by atomic mass is 10.0. The highest BCUT2D eigenvalue weighted by Crippen LogP contribution is 2.08. The van der Waals surface area contributed by atoms with Crippen LogP contribution in [0.25, 0.3) is 0 Å². The van der Waals surface area contributed by atoms with Crippen molar-refractivity contribution in [3.8, 4) is 0 Å². The minimum absolute atomic E-state index is 0.182. The molecule has 0 bridgehead atoms. The number of nitrogens with one attached hydrogen (secondary N) is 1. The molecule has 0 fully saturated rings. The van der Waals surface area contributed by atoms with E-state index in [1.165, 1.54) is 0 Å². The van der Waals surface area contributed by atoms with Crippen LogP contribution in [0, 0.1) is 5.92 Å². The van der Waals surface area contributed by atoms with Crippen LogP contribution in [0.2, 0.25) is 0 Å². The molecule has 0 saturated heterocycles. The van der Waals surface area contributed by atoms with Gasteiger partial charge >= 0.3 is 0 Å². The van der Waals surface area contributed by atoms with Crippen LogP contribution in [-0.4, -0.2) is 18.7 Å². The second-order valence-electron chi connectivity index (χ2n) is 4.21. The van der Waals surface area contributed by atoms with E-state index < -0.39 is 0 Å². The topological polar surface area (TPSA) is 46.2 Å². The van der Waals surface area contributed by atoms with Gasteiger partial charge in [0.1, 0.15) is 5.78 Å². The number of carbonyl (C=O) groups excluding carboxylic acids is 2. The van der Waals surface area contributed by atoms with Gasteiger partial charge in [-0.3, -0.25) is 9.59 Å². The predicted molar refractivity (Wildman–Crippen MR) is 61.6 cm³/mol. The highest BCUT2D eigenvalue weighted by atomic mass is 16.1. The lowest BCUT2D eigenvalue weighted by molar-refractivity contribution is -0.122. The second kappa shape index (κ2) is 9.69. The predicted octanol–water partition coefficient (Wildman–Crippen LogP) is 2.30. The molecule has 0 rings (SSSR count). The van der Waals surface area contributed by atoms with Gasteiger partial charge in [0.2, 0.25) is 6.41 Å². The number of hydrogen-bond acceptors (Lipinski definition) is 2. The Balaban J connectivity index is 3.11. The smallest absolute Gasteiger partial charge is 0.207 e. The molecule has 15 heavy (non-hydrogen) atoms. The molecule has 0 aliphatic rings. The molecule has 0 heterocycles. The number of rotatable bonds is 10. The number of unbranched alkanes of at least 4 members (excludes halogenated alkanes) is 4. The van der Waals surface area contributed by atoms with Crippen LogP contribution in [0.1, 0.15) is 52.4 Å². The Labute approximate surface area is 92.6 Å². The zero-order valence-corrected chi connectivity index (χ0v) is 9.92. The summed E-state index contributed by atoms with van der Waals surface area (Å²) in [6.07, 6.45) is 6.93. The SMILES string of the molecule is CC(C)C(=O)CCCCCCCNC=O. The molecular weight excluding hydrogens is 190 g/mol. The van der Waals surface area contributed by atoms with E-state index in [9.17, 15) is 9.59 Å². The largest absolute Gasteiger partial charge is 0.359 e. The zero-order chi connectivity index (χ0) is 11.5. The molecule has 1 amide bonds. The van der Waals surface area contributed by atoms with Crippen molar-refractivity contribution in [2.45, 2.75) is 52.4 Å². The molecule has 88 valence electrons. The van der Waals surface area contributed by atoms with Crippen molar-refractivity contribution in [3.63, 3.8) is 0 Å². The molecule has 0 aromatic carbocycles. The molecule has 1 N–H and O–H groups in total. The number of amides is 1. The lowest BCUT2D eigenvalue weighted by Crippen LogP contribution is -2.11. The van der Waals surface area contributed by atoms with Gasteiger partial charge in [0.05, 0.1) is 0 Å². The van der Waals surface area contributed by atoms with E-state index >= 15 is 0 Å². The summed E-state index contributed by atoms with van der Waals surface area (Å²) in [5, 5.41) is 2.64. The van der Waals surface area contributed by atoms with Gasteiger partial charge in [-0.15, -0.1) is 0 Å². The van der Waals surface area contributed by atoms with E-state index in [0.717, 1.165) is 51.5 Å². The van der Waals surface area contributed by atoms with Gasteiger partial charge in [0.15, 0.2) is 0 Å². The van der Waals surface area contributed by atoms with Crippen LogP contribution >= 0.6 is 0 Å². The normalized spacial score (nSPS) is 10.3. The average molecular weight is 213 g/mol. The third kappa shape index (κ3) is 9.44. The summed E-state index contributed by atoms with van der Waals surface area (Å²) in [5.74, 6) is 0.555. The van der Waals surface area contributed by atoms with Crippen LogP contribution in [-0.2, 0) is 9.59 Å². The Morgan fingerprint density at radius 1 is 1.13 bits per heavy atom. The average Bonchev–Trinajstić information content (AvgIpc) is 2.21. The monoisotopic (exact) mass is 213 g/mol. The fourth-order valence-electron chi connectivity index (χ4n) is 1.40. The lowest BCUT2D eigenvalue weighted by Gasteiger charge is -2.03. The molecule has 0 aromatic heterocycles. The Hall–Kier alpha value is -0.860. The molecular formula is C12H23NO2. The Morgan fingerprint density at radius 2 is 1.73 bits per heavy atom. The summed E-state index contributed by atoms with van der Waals surface area (Å²) < 4.78 is 0. The van der Waals surface area contributed by atoms with Crippen molar-refractivity contribution in [3.05, 3.63) is 0 Å². The number of ketones is 1. The van der Waals surface area contributed by atoms with Crippen molar-refractivity contribution in [1.82, 2.24) is 5.32 Å². The summed E-state index contributed by atoms with van der Waals surface area (Å²) >= 11 is 0. The van der Waals surface area contributed by atoms with E-state index in [0.29, 0.717) is 5.78 Å². The first-order chi connectivity index (χ1) is 7.18. The van der Waals surface area contributed by atoms with Crippen molar-refractivity contribution in [2.75, 3.05) is 6.54 Å². The first-order valence-corrected chi connectivity index (χ1v) is 5.88. The summed E-state index contributed by atoms with van der Waals surface area (Å²) in [6, 6.07) is 0. The van der Waals surface area contributed by atoms with E-state index in [1.807, 2.05) is 13.8 Å². The molecule has 0 saturated carbocycles. The number of carbonyl (C=O) groups is 2. The highest BCUT2D eigenvalue weighted by molar-refractivity contribution is 5.80. The summed E-state index contributed by atoms with van der Waals surface area (Å²) in [6.45, 7) is 4.68. The summed E-state index contributed by atoms with van der Waals surface area (Å²) in [5.41, 5.74) is 0. The highest BCUT2D eigenvalue weighted by Gasteiger charge is 2.05. The van der Waals surface area contributed by atoms with Crippen LogP contribution in [0.4, 0.5) is 0 Å². The maximum atomic E-state index is 11.3. The molecule has 0 spiro atoms. The van der Waals surface area contributed by atoms with Gasteiger partial charge in [0, 0.05) is 18.9 Å². The van der Waals surface area contributed by atoms with Crippen LogP contribution in [0.3, 0.4) is 0 Å². The van der Waals surface area contributed by atoms with Crippen molar-refractivity contribution >= 4 is 12.2 Å². The minimum Gasteiger partial charge on any atom is -0.359 e. The van der Waals surface area contributed by atoms with Gasteiger partial charge in [-0.1, -0.05) is 33.1 Å². The molecule has 0 aromatic rings. The number of Topliss-reactive ketones (excluding diaryl/α,β-unsaturated/α-hetero) is 1. The Bertz CT molecular complexity index is 178. The Kier molecular flexibility index (Phi) is 9.13. The van der Waals surface area contributed by atoms with Crippen LogP contribution < -0.4 is 5.32 Å². The van der Waals surface area contributed by atoms with Gasteiger partial charge in [-0.25, -0.2) is 0 Å². The molecule has 0 aliphatic carbocycles. The van der Waals surface area contributed by atoms with Gasteiger partial charge < -0.3 is 5.32 Å². The summed E-state index contributed by atoms with van der Waals surface area (Å²) in [7, 11) is 0. The van der Waals surface area contributed by atoms with Gasteiger partial charge in [-0.05, 0) is 12.8 Å². The van der Waals surface area contributed by atoms with E-state index in [-0.39, 0.29) is 5.92 Å². The van der Waals surface area contributed by atoms with Crippen molar-refractivity contribution in [2.24, 2.45) is 5.92 Å². The fourth-order valence-corrected chi connectivity index (χ4v) is 1.40. The molecule has 0 radical (unpaired) electrons. The standard InChI is InChI=1S/C12H23NO2/c1-11(2)12(15)8-6-4-3-5-7-9-13-10-14/h10-11H,3-9H2,1-2H3,(H,13,14). The first kappa shape index (κ1) is 14.1. The van der Waals surface area contributed by atoms with E-state index in [2.05, 4.69) is 5.32 Å². The fraction of sp³-hybridized carbons (Fsp3) is 0.833. The third-order valence-electron chi connectivity index (χ3n) is 2.47. The maximum Gasteiger partial charge on any atom is 0.207 e. The van der Waals surface area contributed by atoms with Crippen LogP contribution in [0.15, 0.2) is 0 Å². The van der Waals surface area contributed by atoms with Crippen LogP contribution in [0.5, 0.6) is 0 Å². The molecule has 0 atom stereocenters. The van der Waals surface area contributed by atoms with Crippen molar-refractivity contribution in [1.29, 1.82) is 0 Å². The molecule has 3 heteroatoms. The third-order valence-corrected chi connectivity index (χ3v) is 2.47. The minimum atomic E-state index is 0.182. The Morgan fingerprint density at radius 3 is 2.33 bits per heavy atom. The van der Waals surface area contributed by atoms with Gasteiger partial charge in [0.25, 0.3) is 0 Å². The number of hydrogen-bond donors (Lipinski definition) is 1. The second-order valence-corrected chi connectivity index (χ2v) is 4.21. The maximum absolute atomic E-state index is 11.3. The van der Waals surface area contributed by atoms with E-state index in [4.69, 9.17) is 0 Å². The zero-order valence-electron chi connectivity index (χ0n) is 9.92. The first-order valence-electron chi connectivity index (χ1n) is 5.88. The molecule has 3 nitrogen and oxygen atoms in total.